The van der Waals surface area contributed by atoms with E-state index in [9.17, 15) is 0 Å². The highest BCUT2D eigenvalue weighted by Gasteiger charge is 2.36. The molecule has 3 N–H and O–H groups in total. The second-order valence-corrected chi connectivity index (χ2v) is 8.21. The molecule has 0 fully saturated rings. The number of benzene rings is 1. The average Bonchev–Trinajstić information content (AvgIpc) is 2.59. The first kappa shape index (κ1) is 21.8. The van der Waals surface area contributed by atoms with E-state index < -0.39 is 8.80 Å². The molecule has 0 aliphatic rings. The second kappa shape index (κ2) is 12.3. The average molecular weight is 341 g/mol. The molecule has 0 heterocycles. The lowest BCUT2D eigenvalue weighted by atomic mass is 10.1. The van der Waals surface area contributed by atoms with Gasteiger partial charge in [-0.25, -0.2) is 0 Å². The third-order valence-electron chi connectivity index (χ3n) is 3.52. The predicted molar refractivity (Wildman–Crippen MR) is 98.2 cm³/mol. The predicted octanol–water partition coefficient (Wildman–Crippen LogP) is 3.00. The number of rotatable bonds is 9. The molecule has 0 spiro atoms. The molecule has 1 aromatic rings. The molecule has 0 saturated heterocycles. The highest BCUT2D eigenvalue weighted by atomic mass is 28.4. The molecule has 132 valence electrons. The quantitative estimate of drug-likeness (QED) is 0.677. The van der Waals surface area contributed by atoms with E-state index in [4.69, 9.17) is 19.0 Å². The summed E-state index contributed by atoms with van der Waals surface area (Å²) in [5, 5.41) is 3.11. The number of nitrogens with one attached hydrogen (secondary N) is 1. The van der Waals surface area contributed by atoms with Crippen LogP contribution in [0.15, 0.2) is 37.0 Å². The van der Waals surface area contributed by atoms with Gasteiger partial charge in [-0.05, 0) is 18.7 Å². The molecule has 0 aliphatic heterocycles. The summed E-state index contributed by atoms with van der Waals surface area (Å²) < 4.78 is 15.5. The van der Waals surface area contributed by atoms with Crippen LogP contribution in [0.5, 0.6) is 0 Å². The normalized spacial score (nSPS) is 12.1. The first-order valence-corrected chi connectivity index (χ1v) is 9.74. The third kappa shape index (κ3) is 7.76. The van der Waals surface area contributed by atoms with Gasteiger partial charge in [-0.15, -0.1) is 0 Å². The van der Waals surface area contributed by atoms with Gasteiger partial charge in [-0.1, -0.05) is 49.8 Å². The molecule has 1 rings (SSSR count). The highest BCUT2D eigenvalue weighted by molar-refractivity contribution is 6.60. The molecule has 0 amide bonds. The Kier molecular flexibility index (Phi) is 11.6. The van der Waals surface area contributed by atoms with Crippen LogP contribution in [0.4, 0.5) is 0 Å². The fourth-order valence-corrected chi connectivity index (χ4v) is 3.83. The summed E-state index contributed by atoms with van der Waals surface area (Å²) >= 11 is 0. The van der Waals surface area contributed by atoms with Crippen LogP contribution in [0.1, 0.15) is 30.5 Å². The summed E-state index contributed by atoms with van der Waals surface area (Å²) in [7, 11) is 2.68. The van der Waals surface area contributed by atoms with Crippen molar-refractivity contribution in [1.82, 2.24) is 5.32 Å². The topological polar surface area (TPSA) is 65.7 Å². The molecule has 0 saturated carbocycles. The Balaban J connectivity index is 0.000000438. The number of hydrogen-bond donors (Lipinski definition) is 2. The smallest absolute Gasteiger partial charge is 0.383 e. The van der Waals surface area contributed by atoms with Gasteiger partial charge in [0.2, 0.25) is 0 Å². The molecule has 0 radical (unpaired) electrons. The minimum Gasteiger partial charge on any atom is -0.383 e. The van der Waals surface area contributed by atoms with Crippen LogP contribution in [0.25, 0.3) is 0 Å². The monoisotopic (exact) mass is 340 g/mol. The Morgan fingerprint density at radius 3 is 2.00 bits per heavy atom. The van der Waals surface area contributed by atoms with Crippen molar-refractivity contribution in [3.8, 4) is 0 Å². The van der Waals surface area contributed by atoms with Gasteiger partial charge in [-0.3, -0.25) is 0 Å². The lowest BCUT2D eigenvalue weighted by molar-refractivity contribution is 0.123. The van der Waals surface area contributed by atoms with Gasteiger partial charge in [0.1, 0.15) is 0 Å². The number of hydrogen-bond acceptors (Lipinski definition) is 5. The van der Waals surface area contributed by atoms with Gasteiger partial charge < -0.3 is 24.3 Å². The largest absolute Gasteiger partial charge is 0.500 e. The maximum atomic E-state index is 5.62. The van der Waals surface area contributed by atoms with Gasteiger partial charge >= 0.3 is 8.80 Å². The summed E-state index contributed by atoms with van der Waals surface area (Å²) in [6.45, 7) is 8.36. The lowest BCUT2D eigenvalue weighted by Crippen LogP contribution is -2.42. The molecular formula is C17H32N2O3Si. The second-order valence-electron chi connectivity index (χ2n) is 5.12. The van der Waals surface area contributed by atoms with Crippen molar-refractivity contribution in [3.63, 3.8) is 0 Å². The van der Waals surface area contributed by atoms with E-state index in [2.05, 4.69) is 50.0 Å². The summed E-state index contributed by atoms with van der Waals surface area (Å²) in [4.78, 5) is 0. The zero-order chi connectivity index (χ0) is 17.7. The maximum absolute atomic E-state index is 5.62. The van der Waals surface area contributed by atoms with Crippen LogP contribution in [-0.4, -0.2) is 36.7 Å². The van der Waals surface area contributed by atoms with Crippen molar-refractivity contribution < 1.29 is 13.3 Å². The van der Waals surface area contributed by atoms with Gasteiger partial charge in [0.15, 0.2) is 0 Å². The van der Waals surface area contributed by atoms with Crippen molar-refractivity contribution in [2.24, 2.45) is 5.73 Å². The molecular weight excluding hydrogens is 308 g/mol. The van der Waals surface area contributed by atoms with E-state index >= 15 is 0 Å². The summed E-state index contributed by atoms with van der Waals surface area (Å²) in [5.41, 5.74) is 8.08. The summed E-state index contributed by atoms with van der Waals surface area (Å²) in [5.74, 6) is 0. The van der Waals surface area contributed by atoms with Crippen LogP contribution in [0, 0.1) is 6.92 Å². The fraction of sp³-hybridized carbons (Fsp3) is 0.529. The summed E-state index contributed by atoms with van der Waals surface area (Å²) in [6, 6.07) is 9.41. The molecule has 1 atom stereocenters. The van der Waals surface area contributed by atoms with Crippen LogP contribution in [0.2, 0.25) is 6.04 Å². The highest BCUT2D eigenvalue weighted by Crippen LogP contribution is 2.14. The van der Waals surface area contributed by atoms with Crippen LogP contribution in [-0.2, 0) is 13.3 Å². The Morgan fingerprint density at radius 2 is 1.70 bits per heavy atom. The van der Waals surface area contributed by atoms with Crippen molar-refractivity contribution in [2.45, 2.75) is 32.4 Å². The van der Waals surface area contributed by atoms with Crippen molar-refractivity contribution in [3.05, 3.63) is 48.2 Å². The van der Waals surface area contributed by atoms with Crippen molar-refractivity contribution in [1.29, 1.82) is 0 Å². The van der Waals surface area contributed by atoms with Crippen LogP contribution in [0.3, 0.4) is 0 Å². The molecule has 0 aliphatic carbocycles. The number of aryl methyl sites for hydroxylation is 1. The van der Waals surface area contributed by atoms with Gasteiger partial charge in [0, 0.05) is 33.9 Å². The fourth-order valence-electron chi connectivity index (χ4n) is 2.10. The van der Waals surface area contributed by atoms with Gasteiger partial charge in [0.05, 0.1) is 6.04 Å². The van der Waals surface area contributed by atoms with Crippen molar-refractivity contribution >= 4 is 8.80 Å². The lowest BCUT2D eigenvalue weighted by Gasteiger charge is -2.23. The Morgan fingerprint density at radius 1 is 1.17 bits per heavy atom. The van der Waals surface area contributed by atoms with E-state index in [-0.39, 0.29) is 6.04 Å². The Labute approximate surface area is 142 Å². The van der Waals surface area contributed by atoms with Gasteiger partial charge in [-0.2, -0.15) is 0 Å². The molecule has 0 bridgehead atoms. The molecule has 1 unspecified atom stereocenters. The first-order chi connectivity index (χ1) is 11.0. The molecule has 1 aromatic carbocycles. The Hall–Kier alpha value is -1.18. The zero-order valence-corrected chi connectivity index (χ0v) is 16.1. The van der Waals surface area contributed by atoms with E-state index in [1.54, 1.807) is 27.5 Å². The van der Waals surface area contributed by atoms with E-state index in [0.717, 1.165) is 12.5 Å². The first-order valence-electron chi connectivity index (χ1n) is 7.81. The third-order valence-corrected chi connectivity index (χ3v) is 6.50. The minimum absolute atomic E-state index is 0.179. The minimum atomic E-state index is -2.22. The van der Waals surface area contributed by atoms with Crippen molar-refractivity contribution in [2.75, 3.05) is 27.9 Å². The standard InChI is InChI=1S/C11H16N2.C6H16O3Si/c1-3-13-11(8-12)10-6-4-9(2)5-7-10;1-5-6-10(7-2,8-3)9-4/h3-7,11,13H,1,8,12H2,2H3;5-6H2,1-4H3. The molecule has 5 nitrogen and oxygen atoms in total. The zero-order valence-electron chi connectivity index (χ0n) is 15.1. The molecule has 6 heteroatoms. The Bertz CT molecular complexity index is 414. The van der Waals surface area contributed by atoms with Gasteiger partial charge in [0.25, 0.3) is 0 Å². The van der Waals surface area contributed by atoms with E-state index in [1.165, 1.54) is 11.1 Å². The number of nitrogens with two attached hydrogens (primary N) is 1. The molecule has 0 aromatic heterocycles. The van der Waals surface area contributed by atoms with E-state index in [0.29, 0.717) is 6.54 Å². The van der Waals surface area contributed by atoms with Crippen LogP contribution >= 0.6 is 0 Å². The SMILES string of the molecule is C=CNC(CN)c1ccc(C)cc1.CCC[Si](OC)(OC)OC. The van der Waals surface area contributed by atoms with E-state index in [1.807, 2.05) is 0 Å². The maximum Gasteiger partial charge on any atom is 0.500 e. The van der Waals surface area contributed by atoms with Crippen LogP contribution < -0.4 is 11.1 Å². The summed E-state index contributed by atoms with van der Waals surface area (Å²) in [6.07, 6.45) is 2.71. The molecule has 23 heavy (non-hydrogen) atoms.